The summed E-state index contributed by atoms with van der Waals surface area (Å²) in [4.78, 5) is 4.86. The van der Waals surface area contributed by atoms with Crippen LogP contribution in [-0.4, -0.2) is 17.1 Å². The average molecular weight is 244 g/mol. The van der Waals surface area contributed by atoms with Crippen molar-refractivity contribution in [1.82, 2.24) is 4.90 Å². The van der Waals surface area contributed by atoms with Gasteiger partial charge in [0.25, 0.3) is 0 Å². The highest BCUT2D eigenvalue weighted by atomic mass is 15.4. The number of anilines is 1. The average Bonchev–Trinajstić information content (AvgIpc) is 2.81. The smallest absolute Gasteiger partial charge is 0.106 e. The molecular formula is C16H24N2. The quantitative estimate of drug-likeness (QED) is 0.765. The van der Waals surface area contributed by atoms with E-state index >= 15 is 0 Å². The van der Waals surface area contributed by atoms with Crippen LogP contribution >= 0.6 is 0 Å². The zero-order valence-corrected chi connectivity index (χ0v) is 11.7. The van der Waals surface area contributed by atoms with E-state index in [0.717, 1.165) is 0 Å². The van der Waals surface area contributed by atoms with Crippen LogP contribution in [0.3, 0.4) is 0 Å². The molecule has 0 saturated carbocycles. The van der Waals surface area contributed by atoms with E-state index in [-0.39, 0.29) is 0 Å². The SMILES string of the molecule is CCCCC1N(c2ccccc2)C=CN1C(C)C. The first-order valence-corrected chi connectivity index (χ1v) is 7.03. The molecule has 0 aliphatic carbocycles. The van der Waals surface area contributed by atoms with Gasteiger partial charge in [0.05, 0.1) is 0 Å². The van der Waals surface area contributed by atoms with Gasteiger partial charge in [-0.2, -0.15) is 0 Å². The number of rotatable bonds is 5. The van der Waals surface area contributed by atoms with Gasteiger partial charge in [0.1, 0.15) is 6.17 Å². The molecule has 18 heavy (non-hydrogen) atoms. The molecule has 1 unspecified atom stereocenters. The molecule has 1 heterocycles. The van der Waals surface area contributed by atoms with Gasteiger partial charge in [-0.15, -0.1) is 0 Å². The summed E-state index contributed by atoms with van der Waals surface area (Å²) < 4.78 is 0. The first-order valence-electron chi connectivity index (χ1n) is 7.03. The van der Waals surface area contributed by atoms with Crippen molar-refractivity contribution in [3.05, 3.63) is 42.7 Å². The lowest BCUT2D eigenvalue weighted by atomic mass is 10.1. The van der Waals surface area contributed by atoms with Crippen LogP contribution < -0.4 is 4.90 Å². The Morgan fingerprint density at radius 1 is 1.11 bits per heavy atom. The molecule has 1 aromatic rings. The number of para-hydroxylation sites is 1. The minimum Gasteiger partial charge on any atom is -0.353 e. The highest BCUT2D eigenvalue weighted by molar-refractivity contribution is 5.51. The van der Waals surface area contributed by atoms with Crippen LogP contribution in [0.25, 0.3) is 0 Å². The van der Waals surface area contributed by atoms with Crippen LogP contribution in [0.1, 0.15) is 40.0 Å². The molecule has 0 amide bonds. The Balaban J connectivity index is 2.17. The molecule has 0 bridgehead atoms. The van der Waals surface area contributed by atoms with Gasteiger partial charge in [-0.05, 0) is 38.8 Å². The Morgan fingerprint density at radius 3 is 2.44 bits per heavy atom. The molecular weight excluding hydrogens is 220 g/mol. The van der Waals surface area contributed by atoms with Crippen LogP contribution in [-0.2, 0) is 0 Å². The monoisotopic (exact) mass is 244 g/mol. The Kier molecular flexibility index (Phi) is 4.29. The molecule has 2 rings (SSSR count). The van der Waals surface area contributed by atoms with Gasteiger partial charge in [-0.3, -0.25) is 0 Å². The topological polar surface area (TPSA) is 6.48 Å². The highest BCUT2D eigenvalue weighted by Crippen LogP contribution is 2.28. The molecule has 0 aromatic heterocycles. The fourth-order valence-corrected chi connectivity index (χ4v) is 2.54. The van der Waals surface area contributed by atoms with E-state index in [1.165, 1.54) is 24.9 Å². The number of hydrogen-bond acceptors (Lipinski definition) is 2. The first-order chi connectivity index (χ1) is 8.74. The zero-order valence-electron chi connectivity index (χ0n) is 11.7. The van der Waals surface area contributed by atoms with E-state index < -0.39 is 0 Å². The predicted molar refractivity (Wildman–Crippen MR) is 78.3 cm³/mol. The summed E-state index contributed by atoms with van der Waals surface area (Å²) in [7, 11) is 0. The molecule has 1 aliphatic heterocycles. The van der Waals surface area contributed by atoms with Crippen molar-refractivity contribution < 1.29 is 0 Å². The Hall–Kier alpha value is -1.44. The Bertz CT molecular complexity index is 383. The van der Waals surface area contributed by atoms with Crippen molar-refractivity contribution in [1.29, 1.82) is 0 Å². The van der Waals surface area contributed by atoms with Gasteiger partial charge in [-0.25, -0.2) is 0 Å². The van der Waals surface area contributed by atoms with E-state index in [4.69, 9.17) is 0 Å². The van der Waals surface area contributed by atoms with E-state index in [0.29, 0.717) is 12.2 Å². The predicted octanol–water partition coefficient (Wildman–Crippen LogP) is 4.20. The number of benzene rings is 1. The van der Waals surface area contributed by atoms with Gasteiger partial charge >= 0.3 is 0 Å². The minimum atomic E-state index is 0.479. The Morgan fingerprint density at radius 2 is 1.83 bits per heavy atom. The van der Waals surface area contributed by atoms with Crippen LogP contribution in [0, 0.1) is 0 Å². The van der Waals surface area contributed by atoms with Crippen molar-refractivity contribution in [2.75, 3.05) is 4.90 Å². The molecule has 1 atom stereocenters. The molecule has 0 spiro atoms. The third kappa shape index (κ3) is 2.69. The normalized spacial score (nSPS) is 19.0. The lowest BCUT2D eigenvalue weighted by Gasteiger charge is -2.35. The van der Waals surface area contributed by atoms with Crippen LogP contribution in [0.5, 0.6) is 0 Å². The standard InChI is InChI=1S/C16H24N2/c1-4-5-11-16-17(14(2)3)12-13-18(16)15-9-7-6-8-10-15/h6-10,12-14,16H,4-5,11H2,1-3H3. The van der Waals surface area contributed by atoms with Gasteiger partial charge in [0.2, 0.25) is 0 Å². The van der Waals surface area contributed by atoms with Crippen molar-refractivity contribution >= 4 is 5.69 Å². The second kappa shape index (κ2) is 5.94. The summed E-state index contributed by atoms with van der Waals surface area (Å²) in [5.41, 5.74) is 1.29. The van der Waals surface area contributed by atoms with Gasteiger partial charge in [-0.1, -0.05) is 31.5 Å². The molecule has 0 radical (unpaired) electrons. The van der Waals surface area contributed by atoms with Crippen molar-refractivity contribution in [3.8, 4) is 0 Å². The lowest BCUT2D eigenvalue weighted by Crippen LogP contribution is -2.41. The number of nitrogens with zero attached hydrogens (tertiary/aromatic N) is 2. The molecule has 2 heteroatoms. The van der Waals surface area contributed by atoms with E-state index in [2.05, 4.69) is 73.3 Å². The largest absolute Gasteiger partial charge is 0.353 e. The number of unbranched alkanes of at least 4 members (excludes halogenated alkanes) is 1. The molecule has 0 saturated heterocycles. The van der Waals surface area contributed by atoms with Gasteiger partial charge in [0.15, 0.2) is 0 Å². The van der Waals surface area contributed by atoms with Gasteiger partial charge < -0.3 is 9.80 Å². The first kappa shape index (κ1) is 13.0. The van der Waals surface area contributed by atoms with Crippen LogP contribution in [0.2, 0.25) is 0 Å². The van der Waals surface area contributed by atoms with Gasteiger partial charge in [0, 0.05) is 24.1 Å². The fourth-order valence-electron chi connectivity index (χ4n) is 2.54. The molecule has 1 aromatic carbocycles. The molecule has 0 N–H and O–H groups in total. The fraction of sp³-hybridized carbons (Fsp3) is 0.500. The Labute approximate surface area is 111 Å². The number of hydrogen-bond donors (Lipinski definition) is 0. The molecule has 98 valence electrons. The second-order valence-corrected chi connectivity index (χ2v) is 5.20. The third-order valence-corrected chi connectivity index (χ3v) is 3.53. The summed E-state index contributed by atoms with van der Waals surface area (Å²) in [5.74, 6) is 0. The summed E-state index contributed by atoms with van der Waals surface area (Å²) in [5, 5.41) is 0. The summed E-state index contributed by atoms with van der Waals surface area (Å²) in [6.45, 7) is 6.78. The van der Waals surface area contributed by atoms with Crippen molar-refractivity contribution in [3.63, 3.8) is 0 Å². The van der Waals surface area contributed by atoms with E-state index in [1.807, 2.05) is 0 Å². The molecule has 2 nitrogen and oxygen atoms in total. The maximum atomic E-state index is 2.46. The van der Waals surface area contributed by atoms with Crippen molar-refractivity contribution in [2.45, 2.75) is 52.2 Å². The summed E-state index contributed by atoms with van der Waals surface area (Å²) >= 11 is 0. The third-order valence-electron chi connectivity index (χ3n) is 3.53. The maximum Gasteiger partial charge on any atom is 0.106 e. The van der Waals surface area contributed by atoms with Crippen molar-refractivity contribution in [2.24, 2.45) is 0 Å². The maximum absolute atomic E-state index is 2.46. The second-order valence-electron chi connectivity index (χ2n) is 5.20. The van der Waals surface area contributed by atoms with E-state index in [9.17, 15) is 0 Å². The summed E-state index contributed by atoms with van der Waals surface area (Å²) in [6, 6.07) is 11.2. The van der Waals surface area contributed by atoms with Crippen LogP contribution in [0.15, 0.2) is 42.7 Å². The molecule has 1 aliphatic rings. The lowest BCUT2D eigenvalue weighted by molar-refractivity contribution is 0.234. The highest BCUT2D eigenvalue weighted by Gasteiger charge is 2.28. The zero-order chi connectivity index (χ0) is 13.0. The van der Waals surface area contributed by atoms with E-state index in [1.54, 1.807) is 0 Å². The molecule has 0 fully saturated rings. The van der Waals surface area contributed by atoms with Crippen LogP contribution in [0.4, 0.5) is 5.69 Å². The minimum absolute atomic E-state index is 0.479. The summed E-state index contributed by atoms with van der Waals surface area (Å²) in [6.07, 6.45) is 8.68.